The van der Waals surface area contributed by atoms with Crippen LogP contribution in [0.25, 0.3) is 0 Å². The first-order valence-corrected chi connectivity index (χ1v) is 8.59. The van der Waals surface area contributed by atoms with Crippen molar-refractivity contribution in [2.24, 2.45) is 16.5 Å². The van der Waals surface area contributed by atoms with Gasteiger partial charge in [-0.3, -0.25) is 4.79 Å². The molecular weight excluding hydrogens is 280 g/mol. The van der Waals surface area contributed by atoms with E-state index in [-0.39, 0.29) is 17.1 Å². The molecule has 1 aliphatic carbocycles. The highest BCUT2D eigenvalue weighted by Gasteiger charge is 2.59. The minimum absolute atomic E-state index is 0.130. The molecule has 1 saturated carbocycles. The monoisotopic (exact) mass is 302 g/mol. The van der Waals surface area contributed by atoms with Gasteiger partial charge in [0, 0.05) is 5.41 Å². The van der Waals surface area contributed by atoms with Gasteiger partial charge < -0.3 is 4.84 Å². The predicted molar refractivity (Wildman–Crippen MR) is 75.7 cm³/mol. The van der Waals surface area contributed by atoms with E-state index in [1.165, 1.54) is 6.92 Å². The lowest BCUT2D eigenvalue weighted by Crippen LogP contribution is -2.52. The van der Waals surface area contributed by atoms with E-state index in [1.54, 1.807) is 0 Å². The van der Waals surface area contributed by atoms with Gasteiger partial charge in [0.25, 0.3) is 5.91 Å². The zero-order valence-electron chi connectivity index (χ0n) is 12.4. The molecule has 6 nitrogen and oxygen atoms in total. The molecule has 0 aromatic heterocycles. The fraction of sp³-hybridized carbons (Fsp3) is 0.846. The molecule has 2 aliphatic rings. The van der Waals surface area contributed by atoms with Crippen molar-refractivity contribution < 1.29 is 18.0 Å². The Morgan fingerprint density at radius 2 is 2.15 bits per heavy atom. The molecule has 0 radical (unpaired) electrons. The van der Waals surface area contributed by atoms with Gasteiger partial charge in [0.15, 0.2) is 0 Å². The molecular formula is C13H22N2O4S. The number of nitrogens with one attached hydrogen (secondary N) is 1. The van der Waals surface area contributed by atoms with E-state index in [1.807, 2.05) is 20.8 Å². The lowest BCUT2D eigenvalue weighted by molar-refractivity contribution is -0.144. The summed E-state index contributed by atoms with van der Waals surface area (Å²) < 4.78 is 25.3. The maximum atomic E-state index is 12.4. The van der Waals surface area contributed by atoms with Crippen LogP contribution in [-0.4, -0.2) is 31.4 Å². The third kappa shape index (κ3) is 2.43. The Balaban J connectivity index is 2.26. The molecule has 20 heavy (non-hydrogen) atoms. The van der Waals surface area contributed by atoms with E-state index < -0.39 is 21.5 Å². The summed E-state index contributed by atoms with van der Waals surface area (Å²) in [6, 6.07) is 0. The number of carbonyl (C=O) groups is 1. The van der Waals surface area contributed by atoms with Gasteiger partial charge in [-0.1, -0.05) is 25.9 Å². The van der Waals surface area contributed by atoms with Crippen molar-refractivity contribution in [2.45, 2.75) is 52.6 Å². The number of sulfonamides is 1. The van der Waals surface area contributed by atoms with Crippen LogP contribution in [0.1, 0.15) is 47.0 Å². The van der Waals surface area contributed by atoms with E-state index in [0.29, 0.717) is 6.42 Å². The van der Waals surface area contributed by atoms with Crippen LogP contribution in [0.4, 0.5) is 0 Å². The summed E-state index contributed by atoms with van der Waals surface area (Å²) in [5.41, 5.74) is -0.482. The van der Waals surface area contributed by atoms with Gasteiger partial charge in [-0.2, -0.15) is 0 Å². The Hall–Kier alpha value is -1.11. The minimum atomic E-state index is -3.58. The van der Waals surface area contributed by atoms with Gasteiger partial charge in [0.1, 0.15) is 0 Å². The third-order valence-corrected chi connectivity index (χ3v) is 5.28. The van der Waals surface area contributed by atoms with Crippen LogP contribution in [0.5, 0.6) is 0 Å². The largest absolute Gasteiger partial charge is 0.378 e. The Morgan fingerprint density at radius 1 is 1.50 bits per heavy atom. The third-order valence-electron chi connectivity index (χ3n) is 4.02. The lowest BCUT2D eigenvalue weighted by Gasteiger charge is -2.28. The van der Waals surface area contributed by atoms with Crippen LogP contribution in [0.15, 0.2) is 5.16 Å². The Bertz CT molecular complexity index is 547. The number of rotatable bonds is 3. The number of amides is 1. The summed E-state index contributed by atoms with van der Waals surface area (Å²) in [5.74, 6) is -0.841. The van der Waals surface area contributed by atoms with Crippen molar-refractivity contribution in [3.8, 4) is 0 Å². The van der Waals surface area contributed by atoms with Crippen molar-refractivity contribution in [2.75, 3.05) is 5.75 Å². The zero-order chi connectivity index (χ0) is 15.2. The highest BCUT2D eigenvalue weighted by atomic mass is 32.2. The summed E-state index contributed by atoms with van der Waals surface area (Å²) >= 11 is 0. The average molecular weight is 302 g/mol. The van der Waals surface area contributed by atoms with E-state index in [2.05, 4.69) is 9.88 Å². The van der Waals surface area contributed by atoms with Crippen LogP contribution in [0.2, 0.25) is 0 Å². The van der Waals surface area contributed by atoms with Crippen LogP contribution >= 0.6 is 0 Å². The summed E-state index contributed by atoms with van der Waals surface area (Å²) in [6.07, 6.45) is 2.14. The second-order valence-corrected chi connectivity index (χ2v) is 8.50. The number of hydrogen-bond acceptors (Lipinski definition) is 5. The Morgan fingerprint density at radius 3 is 2.70 bits per heavy atom. The number of fused-ring (bicyclic) bond motifs is 1. The molecule has 2 atom stereocenters. The lowest BCUT2D eigenvalue weighted by atomic mass is 9.76. The van der Waals surface area contributed by atoms with Gasteiger partial charge in [-0.05, 0) is 26.2 Å². The number of carbonyl (C=O) groups excluding carboxylic acids is 1. The van der Waals surface area contributed by atoms with Crippen molar-refractivity contribution >= 4 is 21.6 Å². The van der Waals surface area contributed by atoms with Crippen LogP contribution in [-0.2, 0) is 19.7 Å². The summed E-state index contributed by atoms with van der Waals surface area (Å²) in [4.78, 5) is 17.9. The number of hydrogen-bond donors (Lipinski definition) is 1. The molecule has 2 rings (SSSR count). The molecule has 2 unspecified atom stereocenters. The van der Waals surface area contributed by atoms with E-state index >= 15 is 0 Å². The second kappa shape index (κ2) is 4.72. The highest BCUT2D eigenvalue weighted by Crippen LogP contribution is 2.47. The van der Waals surface area contributed by atoms with Crippen molar-refractivity contribution in [1.29, 1.82) is 0 Å². The standard InChI is InChI=1S/C13H22N2O4S/c1-5-20(17,18)15-11(16)13-8-6-7-9(13)10(14-19-13)12(2,3)4/h9H,5-8H2,1-4H3,(H,15,16). The van der Waals surface area contributed by atoms with Gasteiger partial charge in [-0.15, -0.1) is 0 Å². The first-order chi connectivity index (χ1) is 9.12. The predicted octanol–water partition coefficient (Wildman–Crippen LogP) is 1.42. The SMILES string of the molecule is CCS(=O)(=O)NC(=O)C12CCCC1C(C(C)(C)C)=NO2. The van der Waals surface area contributed by atoms with Crippen LogP contribution in [0.3, 0.4) is 0 Å². The minimum Gasteiger partial charge on any atom is -0.378 e. The molecule has 0 aromatic rings. The molecule has 1 amide bonds. The van der Waals surface area contributed by atoms with Crippen molar-refractivity contribution in [1.82, 2.24) is 4.72 Å². The molecule has 7 heteroatoms. The smallest absolute Gasteiger partial charge is 0.281 e. The Labute approximate surface area is 120 Å². The second-order valence-electron chi connectivity index (χ2n) is 6.49. The fourth-order valence-electron chi connectivity index (χ4n) is 2.91. The number of nitrogens with zero attached hydrogens (tertiary/aromatic N) is 1. The molecule has 0 aromatic carbocycles. The molecule has 1 aliphatic heterocycles. The maximum Gasteiger partial charge on any atom is 0.281 e. The summed E-state index contributed by atoms with van der Waals surface area (Å²) in [6.45, 7) is 7.55. The van der Waals surface area contributed by atoms with Gasteiger partial charge >= 0.3 is 0 Å². The van der Waals surface area contributed by atoms with Gasteiger partial charge in [-0.25, -0.2) is 13.1 Å². The van der Waals surface area contributed by atoms with Crippen LogP contribution in [0, 0.1) is 11.3 Å². The van der Waals surface area contributed by atoms with Crippen molar-refractivity contribution in [3.63, 3.8) is 0 Å². The van der Waals surface area contributed by atoms with Crippen LogP contribution < -0.4 is 4.72 Å². The summed E-state index contributed by atoms with van der Waals surface area (Å²) in [5, 5.41) is 4.10. The van der Waals surface area contributed by atoms with Gasteiger partial charge in [0.2, 0.25) is 15.6 Å². The fourth-order valence-corrected chi connectivity index (χ4v) is 3.51. The topological polar surface area (TPSA) is 84.8 Å². The van der Waals surface area contributed by atoms with E-state index in [9.17, 15) is 13.2 Å². The first kappa shape index (κ1) is 15.3. The van der Waals surface area contributed by atoms with Crippen molar-refractivity contribution in [3.05, 3.63) is 0 Å². The normalized spacial score (nSPS) is 29.6. The quantitative estimate of drug-likeness (QED) is 0.854. The zero-order valence-corrected chi connectivity index (χ0v) is 13.2. The van der Waals surface area contributed by atoms with E-state index in [4.69, 9.17) is 4.84 Å². The molecule has 0 saturated heterocycles. The molecule has 1 fully saturated rings. The maximum absolute atomic E-state index is 12.4. The number of oxime groups is 1. The van der Waals surface area contributed by atoms with Gasteiger partial charge in [0.05, 0.1) is 17.4 Å². The molecule has 1 heterocycles. The Kier molecular flexibility index (Phi) is 3.60. The molecule has 0 spiro atoms. The highest BCUT2D eigenvalue weighted by molar-refractivity contribution is 7.90. The average Bonchev–Trinajstić information content (AvgIpc) is 2.84. The molecule has 0 bridgehead atoms. The summed E-state index contributed by atoms with van der Waals surface area (Å²) in [7, 11) is -3.58. The molecule has 1 N–H and O–H groups in total. The molecule has 114 valence electrons. The van der Waals surface area contributed by atoms with E-state index in [0.717, 1.165) is 18.6 Å². The first-order valence-electron chi connectivity index (χ1n) is 6.94.